The van der Waals surface area contributed by atoms with Crippen molar-refractivity contribution < 1.29 is 0 Å². The number of nitrogens with one attached hydrogen (secondary N) is 2. The molecular weight excluding hydrogens is 305 g/mol. The standard InChI is InChI=1S/C13H14ClN3.2ClH/c1-10(11-5-7-15-8-6-11)16-17-13-4-2-3-12(14)9-13;;/h2-10,16-17H,1H3;2*1H. The van der Waals surface area contributed by atoms with Crippen LogP contribution in [-0.4, -0.2) is 4.98 Å². The first kappa shape index (κ1) is 18.0. The van der Waals surface area contributed by atoms with E-state index in [0.29, 0.717) is 5.02 Å². The third-order valence-corrected chi connectivity index (χ3v) is 2.70. The van der Waals surface area contributed by atoms with E-state index in [1.165, 1.54) is 5.56 Å². The number of hydrogen-bond donors (Lipinski definition) is 2. The second-order valence-corrected chi connectivity index (χ2v) is 4.22. The van der Waals surface area contributed by atoms with Crippen LogP contribution < -0.4 is 10.9 Å². The van der Waals surface area contributed by atoms with Gasteiger partial charge < -0.3 is 5.43 Å². The molecule has 6 heteroatoms. The highest BCUT2D eigenvalue weighted by Crippen LogP contribution is 2.15. The van der Waals surface area contributed by atoms with E-state index in [9.17, 15) is 0 Å². The zero-order valence-electron chi connectivity index (χ0n) is 10.3. The molecule has 104 valence electrons. The average molecular weight is 321 g/mol. The Balaban J connectivity index is 0.00000162. The van der Waals surface area contributed by atoms with Gasteiger partial charge in [0.2, 0.25) is 0 Å². The van der Waals surface area contributed by atoms with Crippen molar-refractivity contribution in [2.45, 2.75) is 13.0 Å². The van der Waals surface area contributed by atoms with Gasteiger partial charge in [-0.3, -0.25) is 4.98 Å². The van der Waals surface area contributed by atoms with Crippen LogP contribution >= 0.6 is 36.4 Å². The Morgan fingerprint density at radius 3 is 2.42 bits per heavy atom. The smallest absolute Gasteiger partial charge is 0.0502 e. The van der Waals surface area contributed by atoms with Crippen molar-refractivity contribution in [2.24, 2.45) is 0 Å². The van der Waals surface area contributed by atoms with Crippen LogP contribution in [-0.2, 0) is 0 Å². The molecule has 2 rings (SSSR count). The number of hydrazine groups is 1. The number of hydrogen-bond acceptors (Lipinski definition) is 3. The normalized spacial score (nSPS) is 10.8. The van der Waals surface area contributed by atoms with E-state index in [-0.39, 0.29) is 30.9 Å². The number of nitrogens with zero attached hydrogens (tertiary/aromatic N) is 1. The highest BCUT2D eigenvalue weighted by molar-refractivity contribution is 6.30. The van der Waals surface area contributed by atoms with E-state index < -0.39 is 0 Å². The van der Waals surface area contributed by atoms with Gasteiger partial charge in [0.05, 0.1) is 5.69 Å². The SMILES string of the molecule is CC(NNc1cccc(Cl)c1)c1ccncc1.Cl.Cl. The monoisotopic (exact) mass is 319 g/mol. The molecule has 0 aliphatic rings. The highest BCUT2D eigenvalue weighted by atomic mass is 35.5. The van der Waals surface area contributed by atoms with Gasteiger partial charge in [-0.15, -0.1) is 24.8 Å². The second-order valence-electron chi connectivity index (χ2n) is 3.78. The minimum atomic E-state index is 0. The summed E-state index contributed by atoms with van der Waals surface area (Å²) in [7, 11) is 0. The van der Waals surface area contributed by atoms with Crippen LogP contribution in [0.2, 0.25) is 5.02 Å². The molecule has 1 aromatic heterocycles. The third kappa shape index (κ3) is 5.66. The molecule has 0 amide bonds. The fraction of sp³-hybridized carbons (Fsp3) is 0.154. The maximum atomic E-state index is 5.90. The topological polar surface area (TPSA) is 37.0 Å². The van der Waals surface area contributed by atoms with E-state index >= 15 is 0 Å². The summed E-state index contributed by atoms with van der Waals surface area (Å²) in [6.45, 7) is 2.08. The lowest BCUT2D eigenvalue weighted by atomic mass is 10.1. The Bertz CT molecular complexity index is 480. The van der Waals surface area contributed by atoms with Gasteiger partial charge in [0, 0.05) is 23.5 Å². The van der Waals surface area contributed by atoms with E-state index in [1.807, 2.05) is 36.4 Å². The minimum absolute atomic E-state index is 0. The molecule has 0 radical (unpaired) electrons. The van der Waals surface area contributed by atoms with Crippen LogP contribution in [0.1, 0.15) is 18.5 Å². The van der Waals surface area contributed by atoms with Gasteiger partial charge in [-0.05, 0) is 42.8 Å². The Hall–Kier alpha value is -1.00. The summed E-state index contributed by atoms with van der Waals surface area (Å²) in [4.78, 5) is 3.99. The Morgan fingerprint density at radius 2 is 1.79 bits per heavy atom. The lowest BCUT2D eigenvalue weighted by Gasteiger charge is -2.15. The summed E-state index contributed by atoms with van der Waals surface area (Å²) in [5.41, 5.74) is 8.45. The maximum absolute atomic E-state index is 5.90. The molecule has 2 N–H and O–H groups in total. The van der Waals surface area contributed by atoms with Crippen molar-refractivity contribution in [2.75, 3.05) is 5.43 Å². The van der Waals surface area contributed by atoms with Crippen molar-refractivity contribution >= 4 is 42.1 Å². The Kier molecular flexibility index (Phi) is 8.52. The highest BCUT2D eigenvalue weighted by Gasteiger charge is 2.03. The average Bonchev–Trinajstić information content (AvgIpc) is 2.37. The first-order chi connectivity index (χ1) is 8.25. The molecule has 0 fully saturated rings. The number of anilines is 1. The fourth-order valence-electron chi connectivity index (χ4n) is 1.49. The first-order valence-electron chi connectivity index (χ1n) is 5.43. The molecule has 1 aromatic carbocycles. The van der Waals surface area contributed by atoms with E-state index in [0.717, 1.165) is 5.69 Å². The third-order valence-electron chi connectivity index (χ3n) is 2.46. The lowest BCUT2D eigenvalue weighted by molar-refractivity contribution is 0.643. The molecule has 2 aromatic rings. The van der Waals surface area contributed by atoms with Gasteiger partial charge >= 0.3 is 0 Å². The van der Waals surface area contributed by atoms with Crippen LogP contribution in [0.5, 0.6) is 0 Å². The predicted octanol–water partition coefficient (Wildman–Crippen LogP) is 4.26. The van der Waals surface area contributed by atoms with Crippen LogP contribution in [0.25, 0.3) is 0 Å². The van der Waals surface area contributed by atoms with Crippen LogP contribution in [0.4, 0.5) is 5.69 Å². The molecule has 1 heterocycles. The zero-order chi connectivity index (χ0) is 12.1. The zero-order valence-corrected chi connectivity index (χ0v) is 12.7. The van der Waals surface area contributed by atoms with Gasteiger partial charge in [0.1, 0.15) is 0 Å². The number of pyridine rings is 1. The number of rotatable bonds is 4. The van der Waals surface area contributed by atoms with E-state index in [1.54, 1.807) is 12.4 Å². The summed E-state index contributed by atoms with van der Waals surface area (Å²) < 4.78 is 0. The quantitative estimate of drug-likeness (QED) is 0.827. The lowest BCUT2D eigenvalue weighted by Crippen LogP contribution is -2.25. The summed E-state index contributed by atoms with van der Waals surface area (Å²) in [6.07, 6.45) is 3.57. The van der Waals surface area contributed by atoms with Crippen molar-refractivity contribution in [1.82, 2.24) is 10.4 Å². The molecule has 19 heavy (non-hydrogen) atoms. The Labute approximate surface area is 130 Å². The Morgan fingerprint density at radius 1 is 1.11 bits per heavy atom. The first-order valence-corrected chi connectivity index (χ1v) is 5.80. The van der Waals surface area contributed by atoms with Crippen molar-refractivity contribution in [3.05, 3.63) is 59.4 Å². The predicted molar refractivity (Wildman–Crippen MR) is 85.4 cm³/mol. The van der Waals surface area contributed by atoms with Crippen molar-refractivity contribution in [3.63, 3.8) is 0 Å². The minimum Gasteiger partial charge on any atom is -0.321 e. The van der Waals surface area contributed by atoms with Gasteiger partial charge in [0.25, 0.3) is 0 Å². The molecule has 0 saturated heterocycles. The summed E-state index contributed by atoms with van der Waals surface area (Å²) in [6, 6.07) is 11.7. The summed E-state index contributed by atoms with van der Waals surface area (Å²) >= 11 is 5.90. The van der Waals surface area contributed by atoms with Crippen molar-refractivity contribution in [3.8, 4) is 0 Å². The van der Waals surface area contributed by atoms with E-state index in [2.05, 4.69) is 22.8 Å². The van der Waals surface area contributed by atoms with E-state index in [4.69, 9.17) is 11.6 Å². The van der Waals surface area contributed by atoms with Crippen LogP contribution in [0, 0.1) is 0 Å². The molecule has 3 nitrogen and oxygen atoms in total. The molecule has 0 aliphatic heterocycles. The largest absolute Gasteiger partial charge is 0.321 e. The van der Waals surface area contributed by atoms with Crippen molar-refractivity contribution in [1.29, 1.82) is 0 Å². The van der Waals surface area contributed by atoms with Gasteiger partial charge in [0.15, 0.2) is 0 Å². The second kappa shape index (κ2) is 8.99. The molecule has 0 bridgehead atoms. The van der Waals surface area contributed by atoms with Gasteiger partial charge in [-0.1, -0.05) is 17.7 Å². The molecular formula is C13H16Cl3N3. The van der Waals surface area contributed by atoms with Gasteiger partial charge in [-0.2, -0.15) is 0 Å². The van der Waals surface area contributed by atoms with Crippen LogP contribution in [0.15, 0.2) is 48.8 Å². The molecule has 1 unspecified atom stereocenters. The number of benzene rings is 1. The molecule has 0 spiro atoms. The van der Waals surface area contributed by atoms with Crippen LogP contribution in [0.3, 0.4) is 0 Å². The summed E-state index contributed by atoms with van der Waals surface area (Å²) in [5, 5.41) is 0.716. The maximum Gasteiger partial charge on any atom is 0.0502 e. The molecule has 0 aliphatic carbocycles. The van der Waals surface area contributed by atoms with Gasteiger partial charge in [-0.25, -0.2) is 5.43 Å². The number of aromatic nitrogens is 1. The number of halogens is 3. The summed E-state index contributed by atoms with van der Waals surface area (Å²) in [5.74, 6) is 0. The molecule has 1 atom stereocenters. The fourth-order valence-corrected chi connectivity index (χ4v) is 1.68. The molecule has 0 saturated carbocycles.